The van der Waals surface area contributed by atoms with E-state index in [0.29, 0.717) is 10.4 Å². The molecule has 0 saturated heterocycles. The largest absolute Gasteiger partial charge is 0.452 e. The molecule has 0 atom stereocenters. The fourth-order valence-corrected chi connectivity index (χ4v) is 2.64. The van der Waals surface area contributed by atoms with Gasteiger partial charge in [0.15, 0.2) is 6.61 Å². The van der Waals surface area contributed by atoms with Gasteiger partial charge in [-0.15, -0.1) is 11.3 Å². The van der Waals surface area contributed by atoms with Crippen LogP contribution in [0.2, 0.25) is 0 Å². The van der Waals surface area contributed by atoms with Crippen LogP contribution in [0.3, 0.4) is 0 Å². The van der Waals surface area contributed by atoms with Crippen LogP contribution in [-0.4, -0.2) is 34.2 Å². The molecule has 25 heavy (non-hydrogen) atoms. The van der Waals surface area contributed by atoms with Crippen LogP contribution >= 0.6 is 11.3 Å². The van der Waals surface area contributed by atoms with Gasteiger partial charge in [-0.25, -0.2) is 9.48 Å². The van der Waals surface area contributed by atoms with Crippen LogP contribution < -0.4 is 5.32 Å². The minimum absolute atomic E-state index is 0.299. The maximum absolute atomic E-state index is 12.0. The van der Waals surface area contributed by atoms with Gasteiger partial charge in [0.1, 0.15) is 0 Å². The van der Waals surface area contributed by atoms with Crippen molar-refractivity contribution in [3.63, 3.8) is 0 Å². The number of rotatable bonds is 5. The summed E-state index contributed by atoms with van der Waals surface area (Å²) in [7, 11) is 0. The molecule has 0 unspecified atom stereocenters. The van der Waals surface area contributed by atoms with Gasteiger partial charge in [0.25, 0.3) is 11.8 Å². The summed E-state index contributed by atoms with van der Waals surface area (Å²) in [5.41, 5.74) is 1.09. The lowest BCUT2D eigenvalue weighted by Gasteiger charge is -2.06. The van der Waals surface area contributed by atoms with E-state index in [1.54, 1.807) is 64.9 Å². The molecule has 7 nitrogen and oxygen atoms in total. The summed E-state index contributed by atoms with van der Waals surface area (Å²) in [4.78, 5) is 35.8. The summed E-state index contributed by atoms with van der Waals surface area (Å²) in [5.74, 6) is -1.84. The number of hydrogen-bond acceptors (Lipinski definition) is 6. The van der Waals surface area contributed by atoms with Crippen molar-refractivity contribution >= 4 is 29.1 Å². The molecule has 1 aromatic carbocycles. The van der Waals surface area contributed by atoms with Crippen molar-refractivity contribution in [1.29, 1.82) is 0 Å². The zero-order chi connectivity index (χ0) is 17.6. The first-order valence-corrected chi connectivity index (χ1v) is 8.16. The molecule has 2 aromatic heterocycles. The Hall–Kier alpha value is -3.26. The molecule has 0 bridgehead atoms. The van der Waals surface area contributed by atoms with E-state index in [1.165, 1.54) is 11.3 Å². The number of ether oxygens (including phenoxy) is 1. The highest BCUT2D eigenvalue weighted by molar-refractivity contribution is 7.12. The van der Waals surface area contributed by atoms with Gasteiger partial charge in [0, 0.05) is 12.4 Å². The van der Waals surface area contributed by atoms with Crippen molar-refractivity contribution in [2.45, 2.75) is 0 Å². The molecule has 0 aliphatic rings. The summed E-state index contributed by atoms with van der Waals surface area (Å²) in [6.45, 7) is -0.531. The van der Waals surface area contributed by atoms with Crippen LogP contribution in [-0.2, 0) is 9.53 Å². The van der Waals surface area contributed by atoms with Crippen LogP contribution in [0, 0.1) is 0 Å². The molecule has 8 heteroatoms. The SMILES string of the molecule is O=C(COC(=O)c1ccc(-n2cccn2)cc1)NC(=O)c1cccs1. The summed E-state index contributed by atoms with van der Waals surface area (Å²) in [6, 6.07) is 11.7. The fourth-order valence-electron chi connectivity index (χ4n) is 2.02. The molecule has 3 rings (SSSR count). The quantitative estimate of drug-likeness (QED) is 0.708. The molecule has 126 valence electrons. The van der Waals surface area contributed by atoms with Crippen molar-refractivity contribution in [1.82, 2.24) is 15.1 Å². The minimum atomic E-state index is -0.681. The van der Waals surface area contributed by atoms with E-state index in [0.717, 1.165) is 5.69 Å². The maximum Gasteiger partial charge on any atom is 0.338 e. The van der Waals surface area contributed by atoms with Crippen LogP contribution in [0.5, 0.6) is 0 Å². The number of carbonyl (C=O) groups excluding carboxylic acids is 3. The van der Waals surface area contributed by atoms with Crippen molar-refractivity contribution in [3.8, 4) is 5.69 Å². The van der Waals surface area contributed by atoms with Gasteiger partial charge in [0.2, 0.25) is 0 Å². The first-order valence-electron chi connectivity index (χ1n) is 7.28. The van der Waals surface area contributed by atoms with Crippen molar-refractivity contribution < 1.29 is 19.1 Å². The third-order valence-electron chi connectivity index (χ3n) is 3.20. The molecule has 0 aliphatic carbocycles. The number of imide groups is 1. The van der Waals surface area contributed by atoms with Gasteiger partial charge < -0.3 is 4.74 Å². The first-order chi connectivity index (χ1) is 12.1. The zero-order valence-electron chi connectivity index (χ0n) is 12.9. The van der Waals surface area contributed by atoms with Crippen molar-refractivity contribution in [2.24, 2.45) is 0 Å². The van der Waals surface area contributed by atoms with Gasteiger partial charge in [-0.3, -0.25) is 14.9 Å². The highest BCUT2D eigenvalue weighted by atomic mass is 32.1. The molecule has 1 N–H and O–H groups in total. The number of nitrogens with one attached hydrogen (secondary N) is 1. The summed E-state index contributed by atoms with van der Waals surface area (Å²) < 4.78 is 6.57. The number of aromatic nitrogens is 2. The van der Waals surface area contributed by atoms with Crippen molar-refractivity contribution in [3.05, 3.63) is 70.7 Å². The lowest BCUT2D eigenvalue weighted by molar-refractivity contribution is -0.123. The molecule has 2 amide bonds. The summed E-state index contributed by atoms with van der Waals surface area (Å²) in [6.07, 6.45) is 3.43. The predicted molar refractivity (Wildman–Crippen MR) is 90.6 cm³/mol. The Morgan fingerprint density at radius 1 is 1.12 bits per heavy atom. The average molecular weight is 355 g/mol. The van der Waals surface area contributed by atoms with E-state index < -0.39 is 24.4 Å². The fraction of sp³-hybridized carbons (Fsp3) is 0.0588. The average Bonchev–Trinajstić information content (AvgIpc) is 3.33. The topological polar surface area (TPSA) is 90.3 Å². The number of hydrogen-bond donors (Lipinski definition) is 1. The number of amides is 2. The Kier molecular flexibility index (Phi) is 5.00. The van der Waals surface area contributed by atoms with Crippen LogP contribution in [0.15, 0.2) is 60.2 Å². The van der Waals surface area contributed by atoms with Gasteiger partial charge in [0.05, 0.1) is 16.1 Å². The Labute approximate surface area is 146 Å². The molecule has 0 fully saturated rings. The standard InChI is InChI=1S/C17H13N3O4S/c21-15(19-16(22)14-3-1-10-25-14)11-24-17(23)12-4-6-13(7-5-12)20-9-2-8-18-20/h1-10H,11H2,(H,19,21,22). The van der Waals surface area contributed by atoms with Crippen LogP contribution in [0.1, 0.15) is 20.0 Å². The van der Waals surface area contributed by atoms with Gasteiger partial charge in [-0.05, 0) is 41.8 Å². The monoisotopic (exact) mass is 355 g/mol. The smallest absolute Gasteiger partial charge is 0.338 e. The lowest BCUT2D eigenvalue weighted by Crippen LogP contribution is -2.33. The molecule has 0 saturated carbocycles. The van der Waals surface area contributed by atoms with Gasteiger partial charge in [-0.1, -0.05) is 6.07 Å². The first kappa shape index (κ1) is 16.6. The minimum Gasteiger partial charge on any atom is -0.452 e. The highest BCUT2D eigenvalue weighted by Crippen LogP contribution is 2.10. The Balaban J connectivity index is 1.52. The number of nitrogens with zero attached hydrogens (tertiary/aromatic N) is 2. The molecule has 0 spiro atoms. The number of benzene rings is 1. The lowest BCUT2D eigenvalue weighted by atomic mass is 10.2. The normalized spacial score (nSPS) is 10.2. The van der Waals surface area contributed by atoms with E-state index in [1.807, 2.05) is 0 Å². The van der Waals surface area contributed by atoms with Crippen LogP contribution in [0.4, 0.5) is 0 Å². The Morgan fingerprint density at radius 2 is 1.92 bits per heavy atom. The number of thiophene rings is 1. The van der Waals surface area contributed by atoms with E-state index in [2.05, 4.69) is 10.4 Å². The number of esters is 1. The second-order valence-electron chi connectivity index (χ2n) is 4.93. The van der Waals surface area contributed by atoms with Gasteiger partial charge in [-0.2, -0.15) is 5.10 Å². The molecule has 0 aliphatic heterocycles. The Morgan fingerprint density at radius 3 is 2.56 bits per heavy atom. The maximum atomic E-state index is 12.0. The molecular weight excluding hydrogens is 342 g/mol. The molecule has 3 aromatic rings. The third kappa shape index (κ3) is 4.18. The summed E-state index contributed by atoms with van der Waals surface area (Å²) in [5, 5.41) is 7.97. The third-order valence-corrected chi connectivity index (χ3v) is 4.07. The van der Waals surface area contributed by atoms with Crippen LogP contribution in [0.25, 0.3) is 5.69 Å². The molecular formula is C17H13N3O4S. The highest BCUT2D eigenvalue weighted by Gasteiger charge is 2.14. The van der Waals surface area contributed by atoms with E-state index in [9.17, 15) is 14.4 Å². The zero-order valence-corrected chi connectivity index (χ0v) is 13.7. The van der Waals surface area contributed by atoms with Crippen molar-refractivity contribution in [2.75, 3.05) is 6.61 Å². The van der Waals surface area contributed by atoms with E-state index in [-0.39, 0.29) is 0 Å². The number of carbonyl (C=O) groups is 3. The van der Waals surface area contributed by atoms with E-state index in [4.69, 9.17) is 4.74 Å². The molecule has 2 heterocycles. The van der Waals surface area contributed by atoms with E-state index >= 15 is 0 Å². The summed E-state index contributed by atoms with van der Waals surface area (Å²) >= 11 is 1.22. The Bertz CT molecular complexity index is 871. The second kappa shape index (κ2) is 7.54. The predicted octanol–water partition coefficient (Wildman–Crippen LogP) is 2.05. The van der Waals surface area contributed by atoms with Gasteiger partial charge >= 0.3 is 5.97 Å². The molecule has 0 radical (unpaired) electrons. The second-order valence-corrected chi connectivity index (χ2v) is 5.88.